The molecule has 1 saturated carbocycles. The molecule has 3 aromatic carbocycles. The van der Waals surface area contributed by atoms with Crippen LogP contribution in [0.15, 0.2) is 70.7 Å². The Morgan fingerprint density at radius 2 is 1.64 bits per heavy atom. The van der Waals surface area contributed by atoms with Gasteiger partial charge in [-0.3, -0.25) is 33.6 Å². The van der Waals surface area contributed by atoms with Gasteiger partial charge < -0.3 is 65.3 Å². The number of likely N-dealkylation sites (tertiary alicyclic amines) is 1. The molecule has 8 rings (SSSR count). The molecule has 1 saturated heterocycles. The highest BCUT2D eigenvalue weighted by Gasteiger charge is 2.53. The van der Waals surface area contributed by atoms with Crippen molar-refractivity contribution in [2.45, 2.75) is 96.2 Å². The maximum absolute atomic E-state index is 14.7. The number of hydrogen-bond acceptors (Lipinski definition) is 16. The molecule has 7 N–H and O–H groups in total. The van der Waals surface area contributed by atoms with Gasteiger partial charge in [-0.05, 0) is 85.0 Å². The Morgan fingerprint density at radius 1 is 0.925 bits per heavy atom. The van der Waals surface area contributed by atoms with Crippen molar-refractivity contribution in [3.63, 3.8) is 0 Å². The molecule has 2 aliphatic carbocycles. The van der Waals surface area contributed by atoms with E-state index < -0.39 is 58.8 Å². The van der Waals surface area contributed by atoms with Crippen LogP contribution in [0.1, 0.15) is 95.7 Å². The highest BCUT2D eigenvalue weighted by Crippen LogP contribution is 2.41. The zero-order chi connectivity index (χ0) is 57.5. The molecular weight excluding hydrogens is 1060 g/mol. The van der Waals surface area contributed by atoms with Crippen molar-refractivity contribution in [2.24, 2.45) is 5.41 Å². The summed E-state index contributed by atoms with van der Waals surface area (Å²) in [6.07, 6.45) is 0.428. The lowest BCUT2D eigenvalue weighted by molar-refractivity contribution is -0.145. The van der Waals surface area contributed by atoms with Crippen molar-refractivity contribution in [1.29, 1.82) is 0 Å². The number of aliphatic hydroxyl groups excluding tert-OH is 1. The van der Waals surface area contributed by atoms with Crippen molar-refractivity contribution in [3.8, 4) is 39.0 Å². The van der Waals surface area contributed by atoms with Crippen molar-refractivity contribution in [3.05, 3.63) is 99.8 Å². The molecule has 4 atom stereocenters. The summed E-state index contributed by atoms with van der Waals surface area (Å²) in [5, 5.41) is 38.8. The van der Waals surface area contributed by atoms with Gasteiger partial charge in [0.15, 0.2) is 30.3 Å². The van der Waals surface area contributed by atoms with Crippen LogP contribution in [0, 0.1) is 12.3 Å². The smallest absolute Gasteiger partial charge is 0.273 e. The molecular formula is C56H66FN9O13S. The number of hydrogen-bond donors (Lipinski definition) is 7. The molecule has 2 aromatic heterocycles. The number of fused-ring (bicyclic) bond motifs is 1. The van der Waals surface area contributed by atoms with E-state index in [1.54, 1.807) is 70.7 Å². The summed E-state index contributed by atoms with van der Waals surface area (Å²) in [7, 11) is 3.15. The number of alkyl halides is 1. The van der Waals surface area contributed by atoms with Crippen molar-refractivity contribution < 1.29 is 66.9 Å². The van der Waals surface area contributed by atoms with Crippen LogP contribution in [-0.2, 0) is 41.7 Å². The Balaban J connectivity index is 0.753. The van der Waals surface area contributed by atoms with E-state index in [1.807, 2.05) is 19.1 Å². The number of phenols is 1. The number of phenolic OH excluding ortho intramolecular Hbond substituents is 1. The van der Waals surface area contributed by atoms with E-state index >= 15 is 0 Å². The standard InChI is InChI=1S/C56H66FN9O13S/c1-31-48(80-30-61-31)34-7-8-35(26-60-51(72)42-23-36(67)27-66(42)53(74)49(55(2,3)4)63-54(75)56(57)15-16-56)44(22-34)78-29-47(70)59-18-20-76-19-17-58-46(69)28-77-37-12-9-32-11-14-40(39(32)24-37)62-50(71)41-25-45(79-64-41)33-10-13-38(43(68)21-33)52(73)65(5)6/h7-10,12-13,21-22,24-25,30,36,40,42,49,67-68H,11,14-20,23,26-29H2,1-6H3,(H,58,69)(H,59,70)(H,60,72)(H,62,71)(H,63,75)/t36-,40-,42+,49?/m1/s1. The lowest BCUT2D eigenvalue weighted by atomic mass is 9.85. The number of aryl methyl sites for hydroxylation is 2. The second-order valence-electron chi connectivity index (χ2n) is 21.3. The molecule has 3 aliphatic rings. The molecule has 0 spiro atoms. The van der Waals surface area contributed by atoms with E-state index in [0.29, 0.717) is 35.5 Å². The van der Waals surface area contributed by atoms with E-state index in [2.05, 4.69) is 36.7 Å². The lowest BCUT2D eigenvalue weighted by Crippen LogP contribution is -2.59. The third kappa shape index (κ3) is 14.3. The normalized spacial score (nSPS) is 17.4. The maximum atomic E-state index is 14.7. The van der Waals surface area contributed by atoms with Crippen LogP contribution < -0.4 is 36.1 Å². The molecule has 5 aromatic rings. The summed E-state index contributed by atoms with van der Waals surface area (Å²) in [5.74, 6) is -2.97. The molecule has 426 valence electrons. The van der Waals surface area contributed by atoms with E-state index in [4.69, 9.17) is 18.7 Å². The molecule has 7 amide bonds. The third-order valence-electron chi connectivity index (χ3n) is 13.9. The summed E-state index contributed by atoms with van der Waals surface area (Å²) in [6, 6.07) is 14.1. The number of amides is 7. The van der Waals surface area contributed by atoms with Gasteiger partial charge in [0.05, 0.1) is 47.0 Å². The van der Waals surface area contributed by atoms with Crippen molar-refractivity contribution in [2.75, 3.05) is 60.2 Å². The minimum atomic E-state index is -2.01. The monoisotopic (exact) mass is 1120 g/mol. The second-order valence-corrected chi connectivity index (χ2v) is 22.1. The first-order valence-corrected chi connectivity index (χ1v) is 27.1. The van der Waals surface area contributed by atoms with Crippen LogP contribution in [0.3, 0.4) is 0 Å². The minimum absolute atomic E-state index is 0.0297. The van der Waals surface area contributed by atoms with E-state index in [1.165, 1.54) is 39.3 Å². The van der Waals surface area contributed by atoms with Gasteiger partial charge in [-0.15, -0.1) is 11.3 Å². The number of carbonyl (C=O) groups excluding carboxylic acids is 7. The number of nitrogens with zero attached hydrogens (tertiary/aromatic N) is 4. The van der Waals surface area contributed by atoms with Crippen LogP contribution >= 0.6 is 11.3 Å². The average Bonchev–Trinajstić information content (AvgIpc) is 3.89. The fourth-order valence-corrected chi connectivity index (χ4v) is 10.1. The lowest BCUT2D eigenvalue weighted by Gasteiger charge is -2.35. The topological polar surface area (TPSA) is 293 Å². The number of halogens is 1. The quantitative estimate of drug-likeness (QED) is 0.0457. The van der Waals surface area contributed by atoms with Gasteiger partial charge in [0.1, 0.15) is 29.3 Å². The Bertz CT molecular complexity index is 3130. The first kappa shape index (κ1) is 58.2. The average molecular weight is 1120 g/mol. The predicted octanol–water partition coefficient (Wildman–Crippen LogP) is 3.92. The Kier molecular flexibility index (Phi) is 18.2. The number of carbonyl (C=O) groups is 7. The van der Waals surface area contributed by atoms with Gasteiger partial charge in [0.2, 0.25) is 11.8 Å². The number of thiazole rings is 1. The number of nitrogens with one attached hydrogen (secondary N) is 5. The first-order valence-electron chi connectivity index (χ1n) is 26.2. The maximum Gasteiger partial charge on any atom is 0.273 e. The molecule has 0 bridgehead atoms. The number of ether oxygens (including phenoxy) is 3. The van der Waals surface area contributed by atoms with E-state index in [0.717, 1.165) is 27.3 Å². The van der Waals surface area contributed by atoms with Gasteiger partial charge in [-0.1, -0.05) is 50.2 Å². The van der Waals surface area contributed by atoms with E-state index in [-0.39, 0.29) is 112 Å². The minimum Gasteiger partial charge on any atom is -0.507 e. The third-order valence-corrected chi connectivity index (χ3v) is 14.9. The zero-order valence-electron chi connectivity index (χ0n) is 45.3. The Labute approximate surface area is 465 Å². The first-order chi connectivity index (χ1) is 38.1. The van der Waals surface area contributed by atoms with Crippen molar-refractivity contribution >= 4 is 52.7 Å². The summed E-state index contributed by atoms with van der Waals surface area (Å²) >= 11 is 1.43. The Morgan fingerprint density at radius 3 is 2.30 bits per heavy atom. The van der Waals surface area contributed by atoms with E-state index in [9.17, 15) is 48.2 Å². The van der Waals surface area contributed by atoms with Crippen LogP contribution in [0.25, 0.3) is 21.8 Å². The molecule has 24 heteroatoms. The molecule has 1 unspecified atom stereocenters. The number of aromatic hydroxyl groups is 1. The predicted molar refractivity (Wildman–Crippen MR) is 289 cm³/mol. The summed E-state index contributed by atoms with van der Waals surface area (Å²) in [5.41, 5.74) is 3.40. The Hall–Kier alpha value is -7.96. The van der Waals surface area contributed by atoms with Crippen LogP contribution in [0.2, 0.25) is 0 Å². The number of aromatic nitrogens is 2. The molecule has 1 aliphatic heterocycles. The summed E-state index contributed by atoms with van der Waals surface area (Å²) < 4.78 is 37.5. The van der Waals surface area contributed by atoms with Crippen LogP contribution in [0.4, 0.5) is 4.39 Å². The molecule has 22 nitrogen and oxygen atoms in total. The SMILES string of the molecule is Cc1ncsc1-c1ccc(CNC(=O)[C@@H]2C[C@@H](O)CN2C(=O)C(NC(=O)C2(F)CC2)C(C)(C)C)c(OCC(=O)NCCOCCNC(=O)COc2ccc3c(c2)[C@H](NC(=O)c2cc(-c4ccc(C(=O)N(C)C)c(O)c4)on2)CC3)c1. The fraction of sp³-hybridized carbons (Fsp3) is 0.446. The fourth-order valence-electron chi connectivity index (χ4n) is 9.27. The highest BCUT2D eigenvalue weighted by molar-refractivity contribution is 7.13. The molecule has 80 heavy (non-hydrogen) atoms. The van der Waals surface area contributed by atoms with Crippen molar-refractivity contribution in [1.82, 2.24) is 46.5 Å². The van der Waals surface area contributed by atoms with Gasteiger partial charge in [-0.2, -0.15) is 0 Å². The zero-order valence-corrected chi connectivity index (χ0v) is 46.1. The van der Waals surface area contributed by atoms with Gasteiger partial charge in [0, 0.05) is 63.9 Å². The number of rotatable bonds is 23. The summed E-state index contributed by atoms with van der Waals surface area (Å²) in [4.78, 5) is 99.4. The van der Waals surface area contributed by atoms with Gasteiger partial charge in [-0.25, -0.2) is 9.37 Å². The highest BCUT2D eigenvalue weighted by atomic mass is 32.1. The molecule has 3 heterocycles. The number of β-amino-alcohol motifs (C(OH)–C–C–N with tert-alkyl or cyclic N) is 1. The molecule has 2 fully saturated rings. The summed E-state index contributed by atoms with van der Waals surface area (Å²) in [6.45, 7) is 6.77. The van der Waals surface area contributed by atoms with Gasteiger partial charge >= 0.3 is 0 Å². The number of benzene rings is 3. The largest absolute Gasteiger partial charge is 0.507 e. The second kappa shape index (κ2) is 25.0. The van der Waals surface area contributed by atoms with Crippen LogP contribution in [-0.4, -0.2) is 156 Å². The van der Waals surface area contributed by atoms with Crippen LogP contribution in [0.5, 0.6) is 17.2 Å². The molecule has 0 radical (unpaired) electrons. The number of aliphatic hydroxyl groups is 1. The van der Waals surface area contributed by atoms with Gasteiger partial charge in [0.25, 0.3) is 29.5 Å².